The number of carboxylic acids is 1. The summed E-state index contributed by atoms with van der Waals surface area (Å²) >= 11 is 6.05. The van der Waals surface area contributed by atoms with Crippen molar-refractivity contribution in [2.24, 2.45) is 11.3 Å². The van der Waals surface area contributed by atoms with Gasteiger partial charge in [0, 0.05) is 24.7 Å². The summed E-state index contributed by atoms with van der Waals surface area (Å²) in [6.45, 7) is 9.62. The van der Waals surface area contributed by atoms with Gasteiger partial charge in [0.2, 0.25) is 5.91 Å². The van der Waals surface area contributed by atoms with Gasteiger partial charge >= 0.3 is 12.0 Å². The molecular weight excluding hydrogens is 466 g/mol. The number of rotatable bonds is 7. The number of benzene rings is 2. The van der Waals surface area contributed by atoms with Crippen LogP contribution in [0.5, 0.6) is 0 Å². The van der Waals surface area contributed by atoms with Crippen molar-refractivity contribution < 1.29 is 19.5 Å². The molecule has 1 aliphatic heterocycles. The molecule has 1 unspecified atom stereocenters. The quantitative estimate of drug-likeness (QED) is 0.504. The van der Waals surface area contributed by atoms with Gasteiger partial charge in [-0.3, -0.25) is 4.79 Å². The minimum absolute atomic E-state index is 0.0800. The number of amides is 3. The average molecular weight is 500 g/mol. The Balaban J connectivity index is 1.60. The van der Waals surface area contributed by atoms with Gasteiger partial charge in [-0.25, -0.2) is 9.59 Å². The van der Waals surface area contributed by atoms with E-state index < -0.39 is 18.0 Å². The van der Waals surface area contributed by atoms with E-state index in [9.17, 15) is 14.4 Å². The lowest BCUT2D eigenvalue weighted by molar-refractivity contribution is -0.137. The van der Waals surface area contributed by atoms with Crippen LogP contribution in [0.1, 0.15) is 61.5 Å². The summed E-state index contributed by atoms with van der Waals surface area (Å²) in [5.74, 6) is -0.852. The Morgan fingerprint density at radius 3 is 2.26 bits per heavy atom. The van der Waals surface area contributed by atoms with E-state index >= 15 is 0 Å². The van der Waals surface area contributed by atoms with E-state index in [2.05, 4.69) is 36.6 Å². The maximum Gasteiger partial charge on any atom is 0.335 e. The van der Waals surface area contributed by atoms with Crippen molar-refractivity contribution in [2.45, 2.75) is 52.6 Å². The van der Waals surface area contributed by atoms with Gasteiger partial charge in [0.15, 0.2) is 0 Å². The lowest BCUT2D eigenvalue weighted by Gasteiger charge is -2.45. The molecule has 35 heavy (non-hydrogen) atoms. The fourth-order valence-electron chi connectivity index (χ4n) is 4.71. The molecule has 7 nitrogen and oxygen atoms in total. The molecule has 0 saturated carbocycles. The van der Waals surface area contributed by atoms with Gasteiger partial charge in [-0.05, 0) is 59.1 Å². The van der Waals surface area contributed by atoms with Gasteiger partial charge in [0.1, 0.15) is 6.04 Å². The van der Waals surface area contributed by atoms with Crippen LogP contribution in [0.4, 0.5) is 4.79 Å². The summed E-state index contributed by atoms with van der Waals surface area (Å²) < 4.78 is 0. The summed E-state index contributed by atoms with van der Waals surface area (Å²) in [7, 11) is 0. The van der Waals surface area contributed by atoms with Crippen LogP contribution in [0.25, 0.3) is 0 Å². The van der Waals surface area contributed by atoms with Crippen LogP contribution in [0.3, 0.4) is 0 Å². The van der Waals surface area contributed by atoms with Crippen molar-refractivity contribution in [2.75, 3.05) is 13.1 Å². The molecule has 2 aromatic rings. The van der Waals surface area contributed by atoms with Crippen LogP contribution < -0.4 is 10.6 Å². The van der Waals surface area contributed by atoms with Crippen molar-refractivity contribution in [3.63, 3.8) is 0 Å². The molecule has 1 aliphatic rings. The van der Waals surface area contributed by atoms with Crippen LogP contribution in [0.2, 0.25) is 5.02 Å². The summed E-state index contributed by atoms with van der Waals surface area (Å²) in [4.78, 5) is 38.9. The van der Waals surface area contributed by atoms with E-state index in [1.54, 1.807) is 12.1 Å². The van der Waals surface area contributed by atoms with Crippen molar-refractivity contribution in [1.29, 1.82) is 0 Å². The Kier molecular flexibility index (Phi) is 8.43. The minimum atomic E-state index is -0.999. The molecule has 3 N–H and O–H groups in total. The van der Waals surface area contributed by atoms with Gasteiger partial charge < -0.3 is 20.6 Å². The summed E-state index contributed by atoms with van der Waals surface area (Å²) in [5, 5.41) is 15.3. The van der Waals surface area contributed by atoms with Crippen LogP contribution in [-0.2, 0) is 11.3 Å². The normalized spacial score (nSPS) is 18.1. The van der Waals surface area contributed by atoms with Crippen molar-refractivity contribution in [3.05, 3.63) is 70.2 Å². The number of urea groups is 1. The van der Waals surface area contributed by atoms with E-state index in [4.69, 9.17) is 16.7 Å². The van der Waals surface area contributed by atoms with Gasteiger partial charge in [-0.1, -0.05) is 63.6 Å². The van der Waals surface area contributed by atoms with Gasteiger partial charge in [-0.2, -0.15) is 0 Å². The number of carbonyl (C=O) groups excluding carboxylic acids is 2. The van der Waals surface area contributed by atoms with Crippen LogP contribution in [0, 0.1) is 11.3 Å². The van der Waals surface area contributed by atoms with Crippen molar-refractivity contribution in [3.8, 4) is 0 Å². The van der Waals surface area contributed by atoms with Crippen molar-refractivity contribution >= 4 is 29.5 Å². The number of piperidine rings is 1. The SMILES string of the molecule is CC(C)[C@@H](NC(=O)NCc1ccc(C(=O)O)cc1)C(=O)N1CCC(c2ccc(Cl)cc2)C(C)(C)C1. The van der Waals surface area contributed by atoms with E-state index in [0.717, 1.165) is 12.0 Å². The number of nitrogens with one attached hydrogen (secondary N) is 2. The Bertz CT molecular complexity index is 1050. The Labute approximate surface area is 211 Å². The molecule has 0 aromatic heterocycles. The molecule has 8 heteroatoms. The predicted octanol–water partition coefficient (Wildman–Crippen LogP) is 4.90. The first kappa shape index (κ1) is 26.5. The molecule has 0 bridgehead atoms. The number of carbonyl (C=O) groups is 3. The molecule has 3 amide bonds. The predicted molar refractivity (Wildman–Crippen MR) is 137 cm³/mol. The van der Waals surface area contributed by atoms with E-state index in [1.807, 2.05) is 30.9 Å². The number of aromatic carboxylic acids is 1. The number of hydrogen-bond donors (Lipinski definition) is 3. The highest BCUT2D eigenvalue weighted by atomic mass is 35.5. The fourth-order valence-corrected chi connectivity index (χ4v) is 4.83. The third-order valence-electron chi connectivity index (χ3n) is 6.69. The number of halogens is 1. The van der Waals surface area contributed by atoms with E-state index in [0.29, 0.717) is 24.0 Å². The maximum atomic E-state index is 13.4. The zero-order chi connectivity index (χ0) is 25.8. The van der Waals surface area contributed by atoms with Crippen LogP contribution >= 0.6 is 11.6 Å². The molecule has 2 aromatic carbocycles. The highest BCUT2D eigenvalue weighted by Gasteiger charge is 2.40. The van der Waals surface area contributed by atoms with Crippen LogP contribution in [-0.4, -0.2) is 47.0 Å². The Morgan fingerprint density at radius 1 is 1.09 bits per heavy atom. The molecular formula is C27H34ClN3O4. The largest absolute Gasteiger partial charge is 0.478 e. The summed E-state index contributed by atoms with van der Waals surface area (Å²) in [6.07, 6.45) is 0.837. The lowest BCUT2D eigenvalue weighted by atomic mass is 9.70. The molecule has 1 saturated heterocycles. The number of hydrogen-bond acceptors (Lipinski definition) is 3. The third-order valence-corrected chi connectivity index (χ3v) is 6.94. The molecule has 3 rings (SSSR count). The highest BCUT2D eigenvalue weighted by Crippen LogP contribution is 2.42. The second kappa shape index (κ2) is 11.1. The first-order chi connectivity index (χ1) is 16.5. The molecule has 0 spiro atoms. The standard InChI is InChI=1S/C27H34ClN3O4/c1-17(2)23(30-26(35)29-15-18-5-7-20(8-6-18)25(33)34)24(32)31-14-13-22(27(3,4)16-31)19-9-11-21(28)12-10-19/h5-12,17,22-23H,13-16H2,1-4H3,(H,33,34)(H2,29,30,35)/t22?,23-/m1/s1. The first-order valence-electron chi connectivity index (χ1n) is 11.9. The molecule has 2 atom stereocenters. The zero-order valence-electron chi connectivity index (χ0n) is 20.7. The fraction of sp³-hybridized carbons (Fsp3) is 0.444. The smallest absolute Gasteiger partial charge is 0.335 e. The second-order valence-electron chi connectivity index (χ2n) is 10.2. The second-order valence-corrected chi connectivity index (χ2v) is 10.6. The lowest BCUT2D eigenvalue weighted by Crippen LogP contribution is -2.57. The molecule has 188 valence electrons. The molecule has 1 heterocycles. The number of nitrogens with zero attached hydrogens (tertiary/aromatic N) is 1. The Hall–Kier alpha value is -3.06. The highest BCUT2D eigenvalue weighted by molar-refractivity contribution is 6.30. The van der Waals surface area contributed by atoms with Crippen LogP contribution in [0.15, 0.2) is 48.5 Å². The Morgan fingerprint density at radius 2 is 1.71 bits per heavy atom. The van der Waals surface area contributed by atoms with E-state index in [1.165, 1.54) is 17.7 Å². The molecule has 1 fully saturated rings. The minimum Gasteiger partial charge on any atom is -0.478 e. The van der Waals surface area contributed by atoms with Gasteiger partial charge in [-0.15, -0.1) is 0 Å². The van der Waals surface area contributed by atoms with E-state index in [-0.39, 0.29) is 29.3 Å². The number of carboxylic acid groups (broad SMARTS) is 1. The molecule has 0 aliphatic carbocycles. The summed E-state index contributed by atoms with van der Waals surface area (Å²) in [6, 6.07) is 13.1. The third kappa shape index (κ3) is 6.75. The van der Waals surface area contributed by atoms with Crippen molar-refractivity contribution in [1.82, 2.24) is 15.5 Å². The topological polar surface area (TPSA) is 98.7 Å². The maximum absolute atomic E-state index is 13.4. The monoisotopic (exact) mass is 499 g/mol. The zero-order valence-corrected chi connectivity index (χ0v) is 21.4. The molecule has 0 radical (unpaired) electrons. The number of likely N-dealkylation sites (tertiary alicyclic amines) is 1. The summed E-state index contributed by atoms with van der Waals surface area (Å²) in [5.41, 5.74) is 2.05. The van der Waals surface area contributed by atoms with Gasteiger partial charge in [0.25, 0.3) is 0 Å². The average Bonchev–Trinajstić information content (AvgIpc) is 2.81. The first-order valence-corrected chi connectivity index (χ1v) is 12.3. The van der Waals surface area contributed by atoms with Gasteiger partial charge in [0.05, 0.1) is 5.56 Å².